The zero-order valence-electron chi connectivity index (χ0n) is 13.5. The van der Waals surface area contributed by atoms with Crippen molar-refractivity contribution in [3.05, 3.63) is 51.8 Å². The number of rotatable bonds is 4. The van der Waals surface area contributed by atoms with E-state index in [1.165, 1.54) is 24.4 Å². The first-order valence-electron chi connectivity index (χ1n) is 7.47. The molecule has 1 heterocycles. The molecule has 4 nitrogen and oxygen atoms in total. The molecule has 0 aliphatic heterocycles. The molecule has 0 aliphatic rings. The van der Waals surface area contributed by atoms with Gasteiger partial charge in [0.05, 0.1) is 16.6 Å². The van der Waals surface area contributed by atoms with Crippen LogP contribution < -0.4 is 9.47 Å². The molecule has 1 aromatic heterocycles. The predicted octanol–water partition coefficient (Wildman–Crippen LogP) is 6.31. The van der Waals surface area contributed by atoms with E-state index in [1.807, 2.05) is 0 Å². The maximum Gasteiger partial charge on any atom is 0.425 e. The van der Waals surface area contributed by atoms with Crippen molar-refractivity contribution in [3.8, 4) is 17.4 Å². The third-order valence-electron chi connectivity index (χ3n) is 3.54. The second-order valence-corrected chi connectivity index (χ2v) is 6.80. The van der Waals surface area contributed by atoms with Crippen molar-refractivity contribution in [2.24, 2.45) is 0 Å². The normalized spacial score (nSPS) is 12.9. The van der Waals surface area contributed by atoms with Crippen molar-refractivity contribution in [2.75, 3.05) is 0 Å². The summed E-state index contributed by atoms with van der Waals surface area (Å²) in [5.74, 6) is -1.47. The summed E-state index contributed by atoms with van der Waals surface area (Å²) in [6.07, 6.45) is -5.35. The average Bonchev–Trinajstić information content (AvgIpc) is 2.57. The molecular weight excluding hydrogens is 456 g/mol. The SMILES string of the molecule is CC(Oc1cc(Br)cc2cnnc(Oc3c(F)cccc3Cl)c12)C(F)(F)F. The Morgan fingerprint density at radius 1 is 1.22 bits per heavy atom. The molecule has 10 heteroatoms. The van der Waals surface area contributed by atoms with Crippen LogP contribution in [0.2, 0.25) is 5.02 Å². The van der Waals surface area contributed by atoms with Gasteiger partial charge in [0, 0.05) is 9.86 Å². The summed E-state index contributed by atoms with van der Waals surface area (Å²) in [6, 6.07) is 6.83. The van der Waals surface area contributed by atoms with Gasteiger partial charge in [0.15, 0.2) is 17.7 Å². The van der Waals surface area contributed by atoms with E-state index in [4.69, 9.17) is 21.1 Å². The van der Waals surface area contributed by atoms with E-state index in [1.54, 1.807) is 6.07 Å². The maximum atomic E-state index is 14.0. The van der Waals surface area contributed by atoms with Gasteiger partial charge in [-0.1, -0.05) is 33.6 Å². The summed E-state index contributed by atoms with van der Waals surface area (Å²) in [5, 5.41) is 7.96. The number of benzene rings is 2. The lowest BCUT2D eigenvalue weighted by Crippen LogP contribution is -2.31. The van der Waals surface area contributed by atoms with Crippen LogP contribution in [0.5, 0.6) is 17.4 Å². The molecule has 0 saturated carbocycles. The van der Waals surface area contributed by atoms with Crippen molar-refractivity contribution >= 4 is 38.3 Å². The van der Waals surface area contributed by atoms with Gasteiger partial charge < -0.3 is 9.47 Å². The van der Waals surface area contributed by atoms with Crippen LogP contribution in [-0.4, -0.2) is 22.5 Å². The quantitative estimate of drug-likeness (QED) is 0.424. The standard InChI is InChI=1S/C17H10BrClF4N2O2/c1-8(17(21,22)23)26-13-6-10(18)5-9-7-24-25-16(14(9)13)27-15-11(19)3-2-4-12(15)20/h2-8H,1H3. The lowest BCUT2D eigenvalue weighted by Gasteiger charge is -2.20. The fourth-order valence-corrected chi connectivity index (χ4v) is 2.88. The number of para-hydroxylation sites is 1. The van der Waals surface area contributed by atoms with E-state index < -0.39 is 18.1 Å². The molecule has 0 spiro atoms. The highest BCUT2D eigenvalue weighted by Gasteiger charge is 2.38. The van der Waals surface area contributed by atoms with Crippen molar-refractivity contribution < 1.29 is 27.0 Å². The van der Waals surface area contributed by atoms with E-state index in [2.05, 4.69) is 26.1 Å². The fraction of sp³-hybridized carbons (Fsp3) is 0.176. The molecule has 142 valence electrons. The lowest BCUT2D eigenvalue weighted by atomic mass is 10.1. The lowest BCUT2D eigenvalue weighted by molar-refractivity contribution is -0.189. The van der Waals surface area contributed by atoms with Gasteiger partial charge in [-0.05, 0) is 31.2 Å². The summed E-state index contributed by atoms with van der Waals surface area (Å²) in [4.78, 5) is 0. The van der Waals surface area contributed by atoms with Crippen molar-refractivity contribution in [3.63, 3.8) is 0 Å². The maximum absolute atomic E-state index is 14.0. The Hall–Kier alpha value is -2.13. The van der Waals surface area contributed by atoms with Gasteiger partial charge in [0.2, 0.25) is 0 Å². The Balaban J connectivity index is 2.14. The molecule has 27 heavy (non-hydrogen) atoms. The van der Waals surface area contributed by atoms with Gasteiger partial charge in [0.25, 0.3) is 5.88 Å². The number of alkyl halides is 3. The molecule has 0 radical (unpaired) electrons. The fourth-order valence-electron chi connectivity index (χ4n) is 2.22. The number of hydrogen-bond donors (Lipinski definition) is 0. The number of halogens is 6. The molecule has 0 amide bonds. The Kier molecular flexibility index (Phi) is 5.43. The molecule has 1 unspecified atom stereocenters. The zero-order chi connectivity index (χ0) is 19.8. The monoisotopic (exact) mass is 464 g/mol. The summed E-state index contributed by atoms with van der Waals surface area (Å²) in [5.41, 5.74) is 0. The Labute approximate surface area is 164 Å². The second kappa shape index (κ2) is 7.47. The summed E-state index contributed by atoms with van der Waals surface area (Å²) < 4.78 is 63.8. The summed E-state index contributed by atoms with van der Waals surface area (Å²) in [6.45, 7) is 0.871. The van der Waals surface area contributed by atoms with Crippen LogP contribution in [-0.2, 0) is 0 Å². The smallest absolute Gasteiger partial charge is 0.425 e. The third-order valence-corrected chi connectivity index (χ3v) is 4.29. The molecular formula is C17H10BrClF4N2O2. The van der Waals surface area contributed by atoms with Crippen LogP contribution >= 0.6 is 27.5 Å². The van der Waals surface area contributed by atoms with E-state index in [-0.39, 0.29) is 27.8 Å². The third kappa shape index (κ3) is 4.24. The van der Waals surface area contributed by atoms with E-state index >= 15 is 0 Å². The number of ether oxygens (including phenoxy) is 2. The van der Waals surface area contributed by atoms with Gasteiger partial charge >= 0.3 is 6.18 Å². The van der Waals surface area contributed by atoms with Crippen molar-refractivity contribution in [1.29, 1.82) is 0 Å². The van der Waals surface area contributed by atoms with Crippen LogP contribution in [0.4, 0.5) is 17.6 Å². The van der Waals surface area contributed by atoms with E-state index in [0.29, 0.717) is 9.86 Å². The van der Waals surface area contributed by atoms with Crippen LogP contribution in [0, 0.1) is 5.82 Å². The molecule has 1 atom stereocenters. The van der Waals surface area contributed by atoms with Gasteiger partial charge in [-0.15, -0.1) is 5.10 Å². The molecule has 0 bridgehead atoms. The first-order chi connectivity index (χ1) is 12.7. The number of fused-ring (bicyclic) bond motifs is 1. The molecule has 0 saturated heterocycles. The Bertz CT molecular complexity index is 980. The Morgan fingerprint density at radius 2 is 1.96 bits per heavy atom. The largest absolute Gasteiger partial charge is 0.480 e. The van der Waals surface area contributed by atoms with Crippen LogP contribution in [0.15, 0.2) is 41.0 Å². The molecule has 3 rings (SSSR count). The highest BCUT2D eigenvalue weighted by atomic mass is 79.9. The summed E-state index contributed by atoms with van der Waals surface area (Å²) >= 11 is 9.15. The van der Waals surface area contributed by atoms with Crippen molar-refractivity contribution in [1.82, 2.24) is 10.2 Å². The number of hydrogen-bond acceptors (Lipinski definition) is 4. The average molecular weight is 466 g/mol. The van der Waals surface area contributed by atoms with Crippen LogP contribution in [0.3, 0.4) is 0 Å². The highest BCUT2D eigenvalue weighted by molar-refractivity contribution is 9.10. The van der Waals surface area contributed by atoms with Gasteiger partial charge in [-0.3, -0.25) is 0 Å². The predicted molar refractivity (Wildman–Crippen MR) is 94.9 cm³/mol. The summed E-state index contributed by atoms with van der Waals surface area (Å²) in [7, 11) is 0. The zero-order valence-corrected chi connectivity index (χ0v) is 15.9. The van der Waals surface area contributed by atoms with Gasteiger partial charge in [-0.25, -0.2) is 4.39 Å². The van der Waals surface area contributed by atoms with Crippen LogP contribution in [0.25, 0.3) is 10.8 Å². The van der Waals surface area contributed by atoms with Crippen molar-refractivity contribution in [2.45, 2.75) is 19.2 Å². The van der Waals surface area contributed by atoms with Gasteiger partial charge in [-0.2, -0.15) is 18.3 Å². The van der Waals surface area contributed by atoms with E-state index in [9.17, 15) is 17.6 Å². The molecule has 0 fully saturated rings. The number of nitrogens with zero attached hydrogens (tertiary/aromatic N) is 2. The Morgan fingerprint density at radius 3 is 2.63 bits per heavy atom. The topological polar surface area (TPSA) is 44.2 Å². The van der Waals surface area contributed by atoms with Crippen LogP contribution in [0.1, 0.15) is 6.92 Å². The molecule has 0 N–H and O–H groups in total. The highest BCUT2D eigenvalue weighted by Crippen LogP contribution is 2.40. The molecule has 3 aromatic rings. The first-order valence-corrected chi connectivity index (χ1v) is 8.64. The molecule has 2 aromatic carbocycles. The minimum Gasteiger partial charge on any atom is -0.480 e. The molecule has 0 aliphatic carbocycles. The first kappa shape index (κ1) is 19.6. The minimum absolute atomic E-state index is 0.0305. The van der Waals surface area contributed by atoms with Gasteiger partial charge in [0.1, 0.15) is 5.75 Å². The minimum atomic E-state index is -4.58. The second-order valence-electron chi connectivity index (χ2n) is 5.47. The van der Waals surface area contributed by atoms with E-state index in [0.717, 1.165) is 13.0 Å². The number of aromatic nitrogens is 2.